The molecule has 0 aromatic heterocycles. The Labute approximate surface area is 126 Å². The van der Waals surface area contributed by atoms with Crippen molar-refractivity contribution in [3.63, 3.8) is 0 Å². The Bertz CT molecular complexity index is 576. The Balaban J connectivity index is 2.17. The third-order valence-electron chi connectivity index (χ3n) is 3.31. The van der Waals surface area contributed by atoms with Gasteiger partial charge in [0.2, 0.25) is 0 Å². The van der Waals surface area contributed by atoms with Crippen molar-refractivity contribution in [2.75, 3.05) is 12.0 Å². The van der Waals surface area contributed by atoms with Gasteiger partial charge >= 0.3 is 0 Å². The SMILES string of the molecule is CSCC[C@H](N=CC1C(=O)c2ccccc2C1=O)C(=O)[O-]. The minimum atomic E-state index is -1.30. The van der Waals surface area contributed by atoms with Crippen LogP contribution in [0.5, 0.6) is 0 Å². The summed E-state index contributed by atoms with van der Waals surface area (Å²) in [7, 11) is 0. The maximum Gasteiger partial charge on any atom is 0.179 e. The van der Waals surface area contributed by atoms with E-state index in [4.69, 9.17) is 0 Å². The van der Waals surface area contributed by atoms with Gasteiger partial charge in [0, 0.05) is 17.3 Å². The first-order valence-electron chi connectivity index (χ1n) is 6.46. The highest BCUT2D eigenvalue weighted by molar-refractivity contribution is 7.98. The number of hydrogen-bond donors (Lipinski definition) is 0. The van der Waals surface area contributed by atoms with Crippen LogP contribution in [0.1, 0.15) is 27.1 Å². The minimum absolute atomic E-state index is 0.308. The summed E-state index contributed by atoms with van der Waals surface area (Å²) in [4.78, 5) is 39.1. The van der Waals surface area contributed by atoms with Crippen LogP contribution in [0.4, 0.5) is 0 Å². The summed E-state index contributed by atoms with van der Waals surface area (Å²) in [5, 5.41) is 11.0. The average molecular weight is 304 g/mol. The van der Waals surface area contributed by atoms with Crippen LogP contribution in [0.15, 0.2) is 29.3 Å². The van der Waals surface area contributed by atoms with Gasteiger partial charge in [-0.3, -0.25) is 14.6 Å². The number of Topliss-reactive ketones (excluding diaryl/α,β-unsaturated/α-hetero) is 2. The summed E-state index contributed by atoms with van der Waals surface area (Å²) >= 11 is 1.50. The Kier molecular flexibility index (Phi) is 4.90. The van der Waals surface area contributed by atoms with E-state index in [1.807, 2.05) is 6.26 Å². The van der Waals surface area contributed by atoms with Crippen LogP contribution in [0.25, 0.3) is 0 Å². The smallest absolute Gasteiger partial charge is 0.179 e. The standard InChI is InChI=1S/C15H15NO4S/c1-21-7-6-12(15(19)20)16-8-11-13(17)9-4-2-3-5-10(9)14(11)18/h2-5,8,11-12H,6-7H2,1H3,(H,19,20)/p-1/t12-/m0/s1. The van der Waals surface area contributed by atoms with Crippen molar-refractivity contribution >= 4 is 35.5 Å². The second-order valence-electron chi connectivity index (χ2n) is 4.67. The van der Waals surface area contributed by atoms with E-state index in [0.29, 0.717) is 23.3 Å². The fraction of sp³-hybridized carbons (Fsp3) is 0.333. The van der Waals surface area contributed by atoms with E-state index in [1.54, 1.807) is 24.3 Å². The molecule has 0 unspecified atom stereocenters. The van der Waals surface area contributed by atoms with E-state index in [-0.39, 0.29) is 11.6 Å². The number of carboxylic acids is 1. The molecule has 1 atom stereocenters. The minimum Gasteiger partial charge on any atom is -0.548 e. The lowest BCUT2D eigenvalue weighted by Gasteiger charge is -2.13. The van der Waals surface area contributed by atoms with Crippen LogP contribution >= 0.6 is 11.8 Å². The molecule has 0 spiro atoms. The number of carbonyl (C=O) groups is 3. The highest BCUT2D eigenvalue weighted by Gasteiger charge is 2.37. The molecule has 0 saturated heterocycles. The summed E-state index contributed by atoms with van der Waals surface area (Å²) in [6.45, 7) is 0. The molecular formula is C15H14NO4S-. The number of aliphatic imine (C=N–C) groups is 1. The molecule has 1 aliphatic rings. The Morgan fingerprint density at radius 1 is 1.33 bits per heavy atom. The van der Waals surface area contributed by atoms with Crippen LogP contribution in [-0.4, -0.2) is 41.8 Å². The molecule has 6 heteroatoms. The molecule has 0 amide bonds. The molecule has 110 valence electrons. The molecular weight excluding hydrogens is 290 g/mol. The number of aliphatic carboxylic acids is 1. The number of hydrogen-bond acceptors (Lipinski definition) is 6. The third kappa shape index (κ3) is 3.21. The molecule has 1 aromatic carbocycles. The molecule has 1 aromatic rings. The second-order valence-corrected chi connectivity index (χ2v) is 5.65. The van der Waals surface area contributed by atoms with Crippen molar-refractivity contribution in [3.05, 3.63) is 35.4 Å². The predicted molar refractivity (Wildman–Crippen MR) is 78.9 cm³/mol. The highest BCUT2D eigenvalue weighted by Crippen LogP contribution is 2.25. The first-order valence-corrected chi connectivity index (χ1v) is 7.86. The van der Waals surface area contributed by atoms with Crippen molar-refractivity contribution in [1.29, 1.82) is 0 Å². The van der Waals surface area contributed by atoms with Gasteiger partial charge in [-0.1, -0.05) is 24.3 Å². The number of carboxylic acid groups (broad SMARTS) is 1. The van der Waals surface area contributed by atoms with E-state index in [2.05, 4.69) is 4.99 Å². The van der Waals surface area contributed by atoms with Crippen LogP contribution < -0.4 is 5.11 Å². The van der Waals surface area contributed by atoms with E-state index in [9.17, 15) is 19.5 Å². The molecule has 0 radical (unpaired) electrons. The van der Waals surface area contributed by atoms with Gasteiger partial charge in [-0.2, -0.15) is 11.8 Å². The van der Waals surface area contributed by atoms with Gasteiger partial charge in [-0.25, -0.2) is 0 Å². The average Bonchev–Trinajstić information content (AvgIpc) is 2.72. The van der Waals surface area contributed by atoms with Gasteiger partial charge in [-0.15, -0.1) is 0 Å². The highest BCUT2D eigenvalue weighted by atomic mass is 32.2. The maximum atomic E-state index is 12.1. The van der Waals surface area contributed by atoms with E-state index in [1.165, 1.54) is 11.8 Å². The van der Waals surface area contributed by atoms with E-state index >= 15 is 0 Å². The van der Waals surface area contributed by atoms with Gasteiger partial charge in [-0.05, 0) is 18.4 Å². The Hall–Kier alpha value is -1.95. The zero-order valence-electron chi connectivity index (χ0n) is 11.4. The molecule has 2 rings (SSSR count). The van der Waals surface area contributed by atoms with Crippen molar-refractivity contribution < 1.29 is 19.5 Å². The first kappa shape index (κ1) is 15.4. The molecule has 5 nitrogen and oxygen atoms in total. The summed E-state index contributed by atoms with van der Waals surface area (Å²) in [6, 6.07) is 5.53. The van der Waals surface area contributed by atoms with Crippen LogP contribution in [0, 0.1) is 5.92 Å². The molecule has 0 bridgehead atoms. The van der Waals surface area contributed by atoms with Gasteiger partial charge < -0.3 is 9.90 Å². The van der Waals surface area contributed by atoms with Crippen LogP contribution in [-0.2, 0) is 4.79 Å². The lowest BCUT2D eigenvalue weighted by Crippen LogP contribution is -2.35. The maximum absolute atomic E-state index is 12.1. The number of fused-ring (bicyclic) bond motifs is 1. The Morgan fingerprint density at radius 2 is 1.90 bits per heavy atom. The summed E-state index contributed by atoms with van der Waals surface area (Å²) in [5.41, 5.74) is 0.737. The summed E-state index contributed by atoms with van der Waals surface area (Å²) in [6.07, 6.45) is 3.32. The molecule has 1 aliphatic carbocycles. The number of thioether (sulfide) groups is 1. The van der Waals surface area contributed by atoms with Gasteiger partial charge in [0.25, 0.3) is 0 Å². The van der Waals surface area contributed by atoms with E-state index < -0.39 is 17.9 Å². The van der Waals surface area contributed by atoms with Crippen LogP contribution in [0.2, 0.25) is 0 Å². The topological polar surface area (TPSA) is 86.6 Å². The molecule has 0 heterocycles. The predicted octanol–water partition coefficient (Wildman–Crippen LogP) is 0.624. The fourth-order valence-corrected chi connectivity index (χ4v) is 2.63. The molecule has 0 fully saturated rings. The van der Waals surface area contributed by atoms with Crippen molar-refractivity contribution in [3.8, 4) is 0 Å². The second kappa shape index (κ2) is 6.67. The molecule has 0 aliphatic heterocycles. The number of nitrogens with zero attached hydrogens (tertiary/aromatic N) is 1. The summed E-state index contributed by atoms with van der Waals surface area (Å²) < 4.78 is 0. The summed E-state index contributed by atoms with van der Waals surface area (Å²) in [5.74, 6) is -2.36. The number of carbonyl (C=O) groups excluding carboxylic acids is 3. The zero-order chi connectivity index (χ0) is 15.4. The number of rotatable bonds is 6. The first-order chi connectivity index (χ1) is 10.1. The van der Waals surface area contributed by atoms with Crippen molar-refractivity contribution in [1.82, 2.24) is 0 Å². The van der Waals surface area contributed by atoms with Gasteiger partial charge in [0.1, 0.15) is 5.92 Å². The van der Waals surface area contributed by atoms with Gasteiger partial charge in [0.15, 0.2) is 11.6 Å². The monoisotopic (exact) mass is 304 g/mol. The Morgan fingerprint density at radius 3 is 2.38 bits per heavy atom. The zero-order valence-corrected chi connectivity index (χ0v) is 12.3. The van der Waals surface area contributed by atoms with Crippen molar-refractivity contribution in [2.45, 2.75) is 12.5 Å². The quantitative estimate of drug-likeness (QED) is 0.568. The van der Waals surface area contributed by atoms with Gasteiger partial charge in [0.05, 0.1) is 12.0 Å². The van der Waals surface area contributed by atoms with Crippen LogP contribution in [0.3, 0.4) is 0 Å². The lowest BCUT2D eigenvalue weighted by molar-refractivity contribution is -0.307. The lowest BCUT2D eigenvalue weighted by atomic mass is 10.1. The number of benzene rings is 1. The third-order valence-corrected chi connectivity index (χ3v) is 3.95. The molecule has 0 N–H and O–H groups in total. The molecule has 0 saturated carbocycles. The number of ketones is 2. The van der Waals surface area contributed by atoms with E-state index in [0.717, 1.165) is 6.21 Å². The fourth-order valence-electron chi connectivity index (χ4n) is 2.18. The largest absolute Gasteiger partial charge is 0.548 e. The molecule has 21 heavy (non-hydrogen) atoms. The normalized spacial score (nSPS) is 16.4. The van der Waals surface area contributed by atoms with Crippen molar-refractivity contribution in [2.24, 2.45) is 10.9 Å².